The van der Waals surface area contributed by atoms with Crippen LogP contribution in [0.1, 0.15) is 13.3 Å². The molecule has 1 aromatic carbocycles. The highest BCUT2D eigenvalue weighted by Crippen LogP contribution is 2.16. The van der Waals surface area contributed by atoms with E-state index in [0.29, 0.717) is 18.8 Å². The van der Waals surface area contributed by atoms with Crippen molar-refractivity contribution in [3.8, 4) is 5.75 Å². The summed E-state index contributed by atoms with van der Waals surface area (Å²) in [6.45, 7) is 3.88. The normalized spacial score (nSPS) is 11.8. The summed E-state index contributed by atoms with van der Waals surface area (Å²) in [7, 11) is 6.34. The van der Waals surface area contributed by atoms with Crippen molar-refractivity contribution in [1.82, 2.24) is 0 Å². The van der Waals surface area contributed by atoms with Gasteiger partial charge in [-0.1, -0.05) is 0 Å². The van der Waals surface area contributed by atoms with Crippen LogP contribution in [0.3, 0.4) is 0 Å². The van der Waals surface area contributed by atoms with Gasteiger partial charge in [0.25, 0.3) is 10.9 Å². The van der Waals surface area contributed by atoms with Gasteiger partial charge in [-0.15, -0.1) is 0 Å². The average Bonchev–Trinajstić information content (AvgIpc) is 2.25. The SMILES string of the molecule is CCOc1c(NCCC[N+](C)(C)C)c(=O)c1=O. The maximum Gasteiger partial charge on any atom is 0.272 e. The van der Waals surface area contributed by atoms with E-state index in [1.165, 1.54) is 0 Å². The van der Waals surface area contributed by atoms with Crippen molar-refractivity contribution >= 4 is 5.69 Å². The Balaban J connectivity index is 2.45. The molecular formula is C12H21N2O3+. The number of rotatable bonds is 7. The molecule has 1 rings (SSSR count). The minimum atomic E-state index is -0.513. The number of quaternary nitrogens is 1. The van der Waals surface area contributed by atoms with Gasteiger partial charge in [0, 0.05) is 13.0 Å². The molecule has 0 aliphatic rings. The van der Waals surface area contributed by atoms with E-state index in [4.69, 9.17) is 4.74 Å². The van der Waals surface area contributed by atoms with E-state index in [1.54, 1.807) is 6.92 Å². The third-order valence-electron chi connectivity index (χ3n) is 2.46. The number of nitrogens with one attached hydrogen (secondary N) is 1. The van der Waals surface area contributed by atoms with Crippen molar-refractivity contribution in [1.29, 1.82) is 0 Å². The van der Waals surface area contributed by atoms with Crippen LogP contribution in [0.15, 0.2) is 9.59 Å². The second-order valence-electron chi connectivity index (χ2n) is 5.09. The van der Waals surface area contributed by atoms with Crippen molar-refractivity contribution in [2.45, 2.75) is 13.3 Å². The van der Waals surface area contributed by atoms with Gasteiger partial charge in [-0.2, -0.15) is 0 Å². The van der Waals surface area contributed by atoms with Crippen LogP contribution in [0.2, 0.25) is 0 Å². The van der Waals surface area contributed by atoms with Gasteiger partial charge in [-0.25, -0.2) is 0 Å². The van der Waals surface area contributed by atoms with Crippen LogP contribution in [0.5, 0.6) is 5.75 Å². The van der Waals surface area contributed by atoms with E-state index in [-0.39, 0.29) is 5.75 Å². The molecule has 0 atom stereocenters. The molecule has 0 bridgehead atoms. The molecule has 96 valence electrons. The third kappa shape index (κ3) is 3.56. The van der Waals surface area contributed by atoms with Crippen LogP contribution in [0, 0.1) is 0 Å². The number of hydrogen-bond acceptors (Lipinski definition) is 4. The maximum atomic E-state index is 11.3. The van der Waals surface area contributed by atoms with E-state index in [0.717, 1.165) is 17.4 Å². The molecule has 17 heavy (non-hydrogen) atoms. The summed E-state index contributed by atoms with van der Waals surface area (Å²) in [6.07, 6.45) is 0.938. The van der Waals surface area contributed by atoms with Crippen molar-refractivity contribution in [2.24, 2.45) is 0 Å². The van der Waals surface area contributed by atoms with E-state index in [2.05, 4.69) is 26.5 Å². The van der Waals surface area contributed by atoms with E-state index < -0.39 is 10.9 Å². The standard InChI is InChI=1S/C12H20N2O3/c1-5-17-12-9(10(15)11(12)16)13-7-6-8-14(2,3)4/h5-8H2,1-4H3/p+1. The van der Waals surface area contributed by atoms with Crippen LogP contribution in [-0.4, -0.2) is 45.3 Å². The van der Waals surface area contributed by atoms with E-state index in [1.807, 2.05) is 0 Å². The van der Waals surface area contributed by atoms with Gasteiger partial charge in [0.05, 0.1) is 34.3 Å². The monoisotopic (exact) mass is 241 g/mol. The number of hydrogen-bond donors (Lipinski definition) is 1. The third-order valence-corrected chi connectivity index (χ3v) is 2.46. The van der Waals surface area contributed by atoms with Gasteiger partial charge >= 0.3 is 0 Å². The largest absolute Gasteiger partial charge is 0.488 e. The zero-order valence-electron chi connectivity index (χ0n) is 11.0. The van der Waals surface area contributed by atoms with Crippen molar-refractivity contribution < 1.29 is 9.22 Å². The topological polar surface area (TPSA) is 55.4 Å². The first-order valence-electron chi connectivity index (χ1n) is 5.87. The molecule has 5 nitrogen and oxygen atoms in total. The zero-order valence-corrected chi connectivity index (χ0v) is 11.0. The summed E-state index contributed by atoms with van der Waals surface area (Å²) in [4.78, 5) is 22.5. The lowest BCUT2D eigenvalue weighted by molar-refractivity contribution is -0.870. The summed E-state index contributed by atoms with van der Waals surface area (Å²) in [5.41, 5.74) is -0.627. The van der Waals surface area contributed by atoms with Gasteiger partial charge in [0.15, 0.2) is 5.75 Å². The Morgan fingerprint density at radius 3 is 2.35 bits per heavy atom. The molecule has 1 aromatic rings. The first-order valence-corrected chi connectivity index (χ1v) is 5.87. The molecule has 0 heterocycles. The lowest BCUT2D eigenvalue weighted by Gasteiger charge is -2.24. The first-order chi connectivity index (χ1) is 7.87. The fourth-order valence-electron chi connectivity index (χ4n) is 1.58. The number of anilines is 1. The highest BCUT2D eigenvalue weighted by molar-refractivity contribution is 5.61. The minimum absolute atomic E-state index is 0.197. The molecule has 0 spiro atoms. The molecule has 0 amide bonds. The average molecular weight is 241 g/mol. The second kappa shape index (κ2) is 5.31. The summed E-state index contributed by atoms with van der Waals surface area (Å²) in [5, 5.41) is 2.98. The molecule has 0 aliphatic heterocycles. The van der Waals surface area contributed by atoms with Crippen molar-refractivity contribution in [3.63, 3.8) is 0 Å². The fraction of sp³-hybridized carbons (Fsp3) is 0.667. The highest BCUT2D eigenvalue weighted by atomic mass is 16.5. The minimum Gasteiger partial charge on any atom is -0.488 e. The smallest absolute Gasteiger partial charge is 0.272 e. The molecular weight excluding hydrogens is 220 g/mol. The molecule has 0 radical (unpaired) electrons. The molecule has 0 aromatic heterocycles. The Morgan fingerprint density at radius 1 is 1.18 bits per heavy atom. The van der Waals surface area contributed by atoms with E-state index in [9.17, 15) is 9.59 Å². The molecule has 5 heteroatoms. The summed E-state index contributed by atoms with van der Waals surface area (Å²) in [6, 6.07) is 0. The second-order valence-corrected chi connectivity index (χ2v) is 5.09. The summed E-state index contributed by atoms with van der Waals surface area (Å²) >= 11 is 0. The predicted octanol–water partition coefficient (Wildman–Crippen LogP) is 0.190. The highest BCUT2D eigenvalue weighted by Gasteiger charge is 2.21. The van der Waals surface area contributed by atoms with Crippen molar-refractivity contribution in [2.75, 3.05) is 46.2 Å². The van der Waals surface area contributed by atoms with Crippen LogP contribution in [0.4, 0.5) is 5.69 Å². The number of nitrogens with zero attached hydrogens (tertiary/aromatic N) is 1. The van der Waals surface area contributed by atoms with Crippen LogP contribution >= 0.6 is 0 Å². The lowest BCUT2D eigenvalue weighted by atomic mass is 10.2. The maximum absolute atomic E-state index is 11.3. The predicted molar refractivity (Wildman–Crippen MR) is 68.5 cm³/mol. The Hall–Kier alpha value is -1.36. The number of ether oxygens (including phenoxy) is 1. The Labute approximate surface area is 101 Å². The summed E-state index contributed by atoms with van der Waals surface area (Å²) < 4.78 is 5.99. The van der Waals surface area contributed by atoms with Crippen molar-refractivity contribution in [3.05, 3.63) is 20.4 Å². The van der Waals surface area contributed by atoms with E-state index >= 15 is 0 Å². The Kier molecular flexibility index (Phi) is 4.28. The fourth-order valence-corrected chi connectivity index (χ4v) is 1.58. The molecule has 0 saturated carbocycles. The quantitative estimate of drug-likeness (QED) is 0.420. The van der Waals surface area contributed by atoms with Gasteiger partial charge in [0.1, 0.15) is 5.69 Å². The van der Waals surface area contributed by atoms with Crippen LogP contribution in [0.25, 0.3) is 0 Å². The van der Waals surface area contributed by atoms with Gasteiger partial charge in [-0.3, -0.25) is 9.59 Å². The van der Waals surface area contributed by atoms with Crippen LogP contribution < -0.4 is 20.9 Å². The molecule has 0 aliphatic carbocycles. The van der Waals surface area contributed by atoms with Gasteiger partial charge in [0.2, 0.25) is 0 Å². The lowest BCUT2D eigenvalue weighted by Crippen LogP contribution is -2.38. The zero-order chi connectivity index (χ0) is 13.1. The van der Waals surface area contributed by atoms with Crippen LogP contribution in [-0.2, 0) is 0 Å². The Morgan fingerprint density at radius 2 is 1.82 bits per heavy atom. The molecule has 0 saturated heterocycles. The molecule has 0 fully saturated rings. The Bertz CT molecular complexity index is 439. The van der Waals surface area contributed by atoms with Gasteiger partial charge in [-0.05, 0) is 6.92 Å². The first kappa shape index (κ1) is 13.7. The molecule has 0 unspecified atom stereocenters. The summed E-state index contributed by atoms with van der Waals surface area (Å²) in [5.74, 6) is 0.197. The molecule has 1 N–H and O–H groups in total. The van der Waals surface area contributed by atoms with Gasteiger partial charge < -0.3 is 14.5 Å².